The molecule has 0 saturated heterocycles. The highest BCUT2D eigenvalue weighted by atomic mass is 16.1. The lowest BCUT2D eigenvalue weighted by Gasteiger charge is -2.08. The Morgan fingerprint density at radius 1 is 0.655 bits per heavy atom. The maximum atomic E-state index is 12.5. The molecule has 1 N–H and O–H groups in total. The molecule has 1 aromatic heterocycles. The number of fused-ring (bicyclic) bond motifs is 3. The number of hydrogen-bond acceptors (Lipinski definition) is 1. The van der Waals surface area contributed by atoms with E-state index in [-0.39, 0.29) is 5.78 Å². The van der Waals surface area contributed by atoms with Crippen molar-refractivity contribution in [3.8, 4) is 11.1 Å². The number of para-hydroxylation sites is 2. The summed E-state index contributed by atoms with van der Waals surface area (Å²) in [7, 11) is 0. The standard InChI is InChI=1S/C27H19NO/c29-26(20-10-2-1-3-11-20)18-17-19-9-4-5-12-21(19)23-14-8-15-24-22-13-6-7-16-25(22)28-27(23)24/h1-18,28H. The van der Waals surface area contributed by atoms with Crippen molar-refractivity contribution in [2.24, 2.45) is 0 Å². The van der Waals surface area contributed by atoms with Crippen molar-refractivity contribution in [3.63, 3.8) is 0 Å². The summed E-state index contributed by atoms with van der Waals surface area (Å²) in [6.07, 6.45) is 3.56. The van der Waals surface area contributed by atoms with E-state index < -0.39 is 0 Å². The van der Waals surface area contributed by atoms with Gasteiger partial charge in [-0.25, -0.2) is 0 Å². The first-order chi connectivity index (χ1) is 14.3. The number of carbonyl (C=O) groups is 1. The summed E-state index contributed by atoms with van der Waals surface area (Å²) in [5.74, 6) is 0.00391. The van der Waals surface area contributed by atoms with Gasteiger partial charge in [-0.1, -0.05) is 97.1 Å². The molecule has 138 valence electrons. The van der Waals surface area contributed by atoms with Gasteiger partial charge in [-0.2, -0.15) is 0 Å². The zero-order valence-corrected chi connectivity index (χ0v) is 15.8. The third-order valence-electron chi connectivity index (χ3n) is 5.26. The van der Waals surface area contributed by atoms with Crippen LogP contribution in [0.3, 0.4) is 0 Å². The van der Waals surface area contributed by atoms with Crippen LogP contribution in [0.1, 0.15) is 15.9 Å². The van der Waals surface area contributed by atoms with Gasteiger partial charge in [0, 0.05) is 27.4 Å². The highest BCUT2D eigenvalue weighted by Crippen LogP contribution is 2.34. The fraction of sp³-hybridized carbons (Fsp3) is 0. The lowest BCUT2D eigenvalue weighted by Crippen LogP contribution is -1.93. The van der Waals surface area contributed by atoms with E-state index in [1.54, 1.807) is 6.08 Å². The van der Waals surface area contributed by atoms with Crippen LogP contribution in [0.5, 0.6) is 0 Å². The van der Waals surface area contributed by atoms with Crippen LogP contribution in [0, 0.1) is 0 Å². The summed E-state index contributed by atoms with van der Waals surface area (Å²) >= 11 is 0. The van der Waals surface area contributed by atoms with Crippen LogP contribution >= 0.6 is 0 Å². The van der Waals surface area contributed by atoms with Crippen LogP contribution < -0.4 is 0 Å². The van der Waals surface area contributed by atoms with Crippen LogP contribution in [0.4, 0.5) is 0 Å². The van der Waals surface area contributed by atoms with Crippen LogP contribution in [-0.2, 0) is 0 Å². The number of hydrogen-bond donors (Lipinski definition) is 1. The van der Waals surface area contributed by atoms with E-state index in [0.717, 1.165) is 27.7 Å². The van der Waals surface area contributed by atoms with E-state index in [4.69, 9.17) is 0 Å². The molecule has 0 unspecified atom stereocenters. The van der Waals surface area contributed by atoms with Gasteiger partial charge in [0.15, 0.2) is 5.78 Å². The van der Waals surface area contributed by atoms with Crippen LogP contribution in [0.25, 0.3) is 39.0 Å². The molecule has 29 heavy (non-hydrogen) atoms. The lowest BCUT2D eigenvalue weighted by atomic mass is 9.96. The molecule has 0 saturated carbocycles. The SMILES string of the molecule is O=C(C=Cc1ccccc1-c1cccc2c1[nH]c1ccccc12)c1ccccc1. The Hall–Kier alpha value is -3.91. The smallest absolute Gasteiger partial charge is 0.185 e. The molecule has 0 radical (unpaired) electrons. The summed E-state index contributed by atoms with van der Waals surface area (Å²) in [5.41, 5.74) is 6.18. The molecule has 5 rings (SSSR count). The van der Waals surface area contributed by atoms with E-state index in [1.807, 2.05) is 60.7 Å². The molecule has 0 spiro atoms. The summed E-state index contributed by atoms with van der Waals surface area (Å²) in [4.78, 5) is 16.1. The highest BCUT2D eigenvalue weighted by Gasteiger charge is 2.11. The minimum atomic E-state index is 0.00391. The average molecular weight is 373 g/mol. The second kappa shape index (κ2) is 7.25. The number of allylic oxidation sites excluding steroid dienone is 1. The fourth-order valence-electron chi connectivity index (χ4n) is 3.85. The largest absolute Gasteiger partial charge is 0.354 e. The zero-order chi connectivity index (χ0) is 19.6. The van der Waals surface area contributed by atoms with Crippen LogP contribution in [-0.4, -0.2) is 10.8 Å². The number of aromatic amines is 1. The van der Waals surface area contributed by atoms with Crippen molar-refractivity contribution in [1.82, 2.24) is 4.98 Å². The predicted octanol–water partition coefficient (Wildman–Crippen LogP) is 6.88. The van der Waals surface area contributed by atoms with Gasteiger partial charge in [0.25, 0.3) is 0 Å². The van der Waals surface area contributed by atoms with Gasteiger partial charge in [0.2, 0.25) is 0 Å². The lowest BCUT2D eigenvalue weighted by molar-refractivity contribution is 0.104. The summed E-state index contributed by atoms with van der Waals surface area (Å²) in [6.45, 7) is 0. The van der Waals surface area contributed by atoms with Gasteiger partial charge in [0.1, 0.15) is 0 Å². The van der Waals surface area contributed by atoms with Crippen molar-refractivity contribution < 1.29 is 4.79 Å². The van der Waals surface area contributed by atoms with Gasteiger partial charge < -0.3 is 4.98 Å². The monoisotopic (exact) mass is 373 g/mol. The van der Waals surface area contributed by atoms with Crippen LogP contribution in [0.15, 0.2) is 103 Å². The number of benzene rings is 4. The maximum Gasteiger partial charge on any atom is 0.185 e. The Balaban J connectivity index is 1.61. The average Bonchev–Trinajstić information content (AvgIpc) is 3.17. The van der Waals surface area contributed by atoms with Crippen LogP contribution in [0.2, 0.25) is 0 Å². The minimum absolute atomic E-state index is 0.00391. The molecule has 0 amide bonds. The molecule has 0 atom stereocenters. The molecular weight excluding hydrogens is 354 g/mol. The van der Waals surface area contributed by atoms with E-state index in [0.29, 0.717) is 5.56 Å². The molecule has 0 aliphatic rings. The molecule has 0 bridgehead atoms. The molecule has 2 heteroatoms. The Bertz CT molecular complexity index is 1360. The van der Waals surface area contributed by atoms with E-state index in [2.05, 4.69) is 47.4 Å². The molecule has 5 aromatic rings. The van der Waals surface area contributed by atoms with Crippen molar-refractivity contribution in [3.05, 3.63) is 114 Å². The minimum Gasteiger partial charge on any atom is -0.354 e. The van der Waals surface area contributed by atoms with E-state index >= 15 is 0 Å². The Kier molecular flexibility index (Phi) is 4.30. The molecular formula is C27H19NO. The molecule has 0 aliphatic heterocycles. The van der Waals surface area contributed by atoms with E-state index in [1.165, 1.54) is 10.8 Å². The van der Waals surface area contributed by atoms with Crippen molar-refractivity contribution in [2.45, 2.75) is 0 Å². The number of rotatable bonds is 4. The number of carbonyl (C=O) groups excluding carboxylic acids is 1. The first-order valence-corrected chi connectivity index (χ1v) is 9.67. The Morgan fingerprint density at radius 2 is 1.34 bits per heavy atom. The predicted molar refractivity (Wildman–Crippen MR) is 121 cm³/mol. The summed E-state index contributed by atoms with van der Waals surface area (Å²) < 4.78 is 0. The number of nitrogens with one attached hydrogen (secondary N) is 1. The van der Waals surface area contributed by atoms with Gasteiger partial charge in [0.05, 0.1) is 5.52 Å². The summed E-state index contributed by atoms with van der Waals surface area (Å²) in [6, 6.07) is 32.3. The van der Waals surface area contributed by atoms with Crippen molar-refractivity contribution in [1.29, 1.82) is 0 Å². The molecule has 1 heterocycles. The molecule has 0 fully saturated rings. The summed E-state index contributed by atoms with van der Waals surface area (Å²) in [5, 5.41) is 2.42. The zero-order valence-electron chi connectivity index (χ0n) is 15.8. The second-order valence-electron chi connectivity index (χ2n) is 7.05. The van der Waals surface area contributed by atoms with Gasteiger partial charge in [-0.15, -0.1) is 0 Å². The number of aromatic nitrogens is 1. The molecule has 2 nitrogen and oxygen atoms in total. The van der Waals surface area contributed by atoms with Gasteiger partial charge in [-0.3, -0.25) is 4.79 Å². The third kappa shape index (κ3) is 3.15. The second-order valence-corrected chi connectivity index (χ2v) is 7.05. The first-order valence-electron chi connectivity index (χ1n) is 9.67. The van der Waals surface area contributed by atoms with Gasteiger partial charge in [-0.05, 0) is 23.3 Å². The Morgan fingerprint density at radius 3 is 2.24 bits per heavy atom. The van der Waals surface area contributed by atoms with E-state index in [9.17, 15) is 4.79 Å². The molecule has 4 aromatic carbocycles. The normalized spacial score (nSPS) is 11.4. The van der Waals surface area contributed by atoms with Crippen molar-refractivity contribution in [2.75, 3.05) is 0 Å². The maximum absolute atomic E-state index is 12.5. The number of ketones is 1. The topological polar surface area (TPSA) is 32.9 Å². The quantitative estimate of drug-likeness (QED) is 0.270. The molecule has 0 aliphatic carbocycles. The first kappa shape index (κ1) is 17.2. The highest BCUT2D eigenvalue weighted by molar-refractivity contribution is 6.12. The fourth-order valence-corrected chi connectivity index (χ4v) is 3.85. The van der Waals surface area contributed by atoms with Crippen molar-refractivity contribution >= 4 is 33.7 Å². The number of H-pyrrole nitrogens is 1. The Labute approximate surface area is 169 Å². The van der Waals surface area contributed by atoms with Gasteiger partial charge >= 0.3 is 0 Å². The third-order valence-corrected chi connectivity index (χ3v) is 5.26.